The molecule has 0 aliphatic carbocycles. The zero-order valence-corrected chi connectivity index (χ0v) is 10.1. The van der Waals surface area contributed by atoms with E-state index in [0.717, 1.165) is 17.9 Å². The predicted octanol–water partition coefficient (Wildman–Crippen LogP) is 1.39. The largest absolute Gasteiger partial charge is 0.292 e. The Labute approximate surface area is 94.2 Å². The SMILES string of the molecule is Cc1ccc(S(=O)(=O)C2NCCS2)cc1. The van der Waals surface area contributed by atoms with E-state index in [1.165, 1.54) is 11.8 Å². The highest BCUT2D eigenvalue weighted by Crippen LogP contribution is 2.25. The van der Waals surface area contributed by atoms with Gasteiger partial charge in [-0.15, -0.1) is 11.8 Å². The Kier molecular flexibility index (Phi) is 3.04. The van der Waals surface area contributed by atoms with E-state index in [1.54, 1.807) is 12.1 Å². The molecule has 1 saturated heterocycles. The van der Waals surface area contributed by atoms with Crippen LogP contribution < -0.4 is 5.32 Å². The lowest BCUT2D eigenvalue weighted by molar-refractivity contribution is 0.586. The average molecular weight is 243 g/mol. The molecule has 0 aromatic heterocycles. The Morgan fingerprint density at radius 3 is 2.53 bits per heavy atom. The maximum Gasteiger partial charge on any atom is 0.203 e. The van der Waals surface area contributed by atoms with Crippen LogP contribution in [0, 0.1) is 6.92 Å². The second kappa shape index (κ2) is 4.15. The molecule has 1 fully saturated rings. The molecule has 0 saturated carbocycles. The second-order valence-corrected chi connectivity index (χ2v) is 7.06. The van der Waals surface area contributed by atoms with E-state index in [2.05, 4.69) is 5.32 Å². The number of hydrogen-bond donors (Lipinski definition) is 1. The van der Waals surface area contributed by atoms with Gasteiger partial charge >= 0.3 is 0 Å². The quantitative estimate of drug-likeness (QED) is 0.852. The van der Waals surface area contributed by atoms with Crippen molar-refractivity contribution in [3.05, 3.63) is 29.8 Å². The zero-order chi connectivity index (χ0) is 10.9. The Bertz CT molecular complexity index is 433. The Hall–Kier alpha value is -0.520. The first-order valence-corrected chi connectivity index (χ1v) is 7.36. The zero-order valence-electron chi connectivity index (χ0n) is 8.43. The molecule has 1 N–H and O–H groups in total. The van der Waals surface area contributed by atoms with Gasteiger partial charge in [0.15, 0.2) is 4.71 Å². The van der Waals surface area contributed by atoms with Crippen LogP contribution >= 0.6 is 11.8 Å². The van der Waals surface area contributed by atoms with E-state index < -0.39 is 14.5 Å². The molecule has 3 nitrogen and oxygen atoms in total. The Morgan fingerprint density at radius 1 is 1.33 bits per heavy atom. The van der Waals surface area contributed by atoms with Crippen LogP contribution in [0.3, 0.4) is 0 Å². The minimum absolute atomic E-state index is 0.403. The minimum Gasteiger partial charge on any atom is -0.292 e. The molecule has 1 aliphatic heterocycles. The van der Waals surface area contributed by atoms with Gasteiger partial charge in [0.05, 0.1) is 4.90 Å². The van der Waals surface area contributed by atoms with Crippen LogP contribution in [-0.4, -0.2) is 25.4 Å². The van der Waals surface area contributed by atoms with E-state index in [0.29, 0.717) is 4.90 Å². The molecule has 1 aliphatic rings. The number of aryl methyl sites for hydroxylation is 1. The number of sulfone groups is 1. The van der Waals surface area contributed by atoms with Crippen molar-refractivity contribution in [2.45, 2.75) is 16.5 Å². The lowest BCUT2D eigenvalue weighted by atomic mass is 10.2. The van der Waals surface area contributed by atoms with Crippen LogP contribution in [0.2, 0.25) is 0 Å². The molecule has 0 spiro atoms. The highest BCUT2D eigenvalue weighted by molar-refractivity contribution is 8.13. The average Bonchev–Trinajstić information content (AvgIpc) is 2.71. The van der Waals surface area contributed by atoms with Crippen molar-refractivity contribution in [2.24, 2.45) is 0 Å². The molecule has 1 aromatic carbocycles. The van der Waals surface area contributed by atoms with Crippen molar-refractivity contribution in [3.63, 3.8) is 0 Å². The molecule has 15 heavy (non-hydrogen) atoms. The molecule has 82 valence electrons. The summed E-state index contributed by atoms with van der Waals surface area (Å²) in [7, 11) is -3.20. The molecule has 1 aromatic rings. The fraction of sp³-hybridized carbons (Fsp3) is 0.400. The number of rotatable bonds is 2. The Balaban J connectivity index is 2.32. The summed E-state index contributed by atoms with van der Waals surface area (Å²) in [5.74, 6) is 0.857. The van der Waals surface area contributed by atoms with Crippen molar-refractivity contribution in [1.29, 1.82) is 0 Å². The van der Waals surface area contributed by atoms with Crippen molar-refractivity contribution in [1.82, 2.24) is 5.32 Å². The standard InChI is InChI=1S/C10H13NO2S2/c1-8-2-4-9(5-3-8)15(12,13)10-11-6-7-14-10/h2-5,10-11H,6-7H2,1H3. The normalized spacial score (nSPS) is 21.8. The van der Waals surface area contributed by atoms with Gasteiger partial charge in [-0.25, -0.2) is 8.42 Å². The molecular weight excluding hydrogens is 230 g/mol. The van der Waals surface area contributed by atoms with Gasteiger partial charge in [-0.3, -0.25) is 5.32 Å². The molecule has 5 heteroatoms. The van der Waals surface area contributed by atoms with Crippen LogP contribution in [0.1, 0.15) is 5.56 Å². The maximum atomic E-state index is 12.1. The van der Waals surface area contributed by atoms with E-state index in [-0.39, 0.29) is 0 Å². The summed E-state index contributed by atoms with van der Waals surface area (Å²) < 4.78 is 23.7. The van der Waals surface area contributed by atoms with Gasteiger partial charge in [0.2, 0.25) is 9.84 Å². The fourth-order valence-corrected chi connectivity index (χ4v) is 4.58. The Morgan fingerprint density at radius 2 is 2.00 bits per heavy atom. The summed E-state index contributed by atoms with van der Waals surface area (Å²) in [4.78, 5) is 0.403. The van der Waals surface area contributed by atoms with Gasteiger partial charge in [0.25, 0.3) is 0 Å². The molecule has 1 atom stereocenters. The van der Waals surface area contributed by atoms with Crippen molar-refractivity contribution >= 4 is 21.6 Å². The van der Waals surface area contributed by atoms with Crippen LogP contribution in [0.15, 0.2) is 29.2 Å². The second-order valence-electron chi connectivity index (χ2n) is 3.51. The lowest BCUT2D eigenvalue weighted by Crippen LogP contribution is -2.28. The number of benzene rings is 1. The number of thioether (sulfide) groups is 1. The van der Waals surface area contributed by atoms with Crippen LogP contribution in [0.5, 0.6) is 0 Å². The topological polar surface area (TPSA) is 46.2 Å². The van der Waals surface area contributed by atoms with Gasteiger partial charge in [-0.05, 0) is 19.1 Å². The van der Waals surface area contributed by atoms with Gasteiger partial charge in [0, 0.05) is 12.3 Å². The van der Waals surface area contributed by atoms with Gasteiger partial charge < -0.3 is 0 Å². The maximum absolute atomic E-state index is 12.1. The molecule has 2 rings (SSSR count). The molecular formula is C10H13NO2S2. The van der Waals surface area contributed by atoms with Crippen LogP contribution in [0.4, 0.5) is 0 Å². The first kappa shape index (κ1) is 11.0. The summed E-state index contributed by atoms with van der Waals surface area (Å²) >= 11 is 1.45. The first-order chi connectivity index (χ1) is 7.10. The third-order valence-electron chi connectivity index (χ3n) is 2.31. The third kappa shape index (κ3) is 2.19. The van der Waals surface area contributed by atoms with Gasteiger partial charge in [-0.1, -0.05) is 17.7 Å². The van der Waals surface area contributed by atoms with E-state index >= 15 is 0 Å². The highest BCUT2D eigenvalue weighted by atomic mass is 32.3. The predicted molar refractivity (Wildman–Crippen MR) is 62.6 cm³/mol. The van der Waals surface area contributed by atoms with Crippen molar-refractivity contribution < 1.29 is 8.42 Å². The smallest absolute Gasteiger partial charge is 0.203 e. The van der Waals surface area contributed by atoms with E-state index in [9.17, 15) is 8.42 Å². The lowest BCUT2D eigenvalue weighted by Gasteiger charge is -2.11. The molecule has 1 unspecified atom stereocenters. The van der Waals surface area contributed by atoms with Crippen LogP contribution in [0.25, 0.3) is 0 Å². The summed E-state index contributed by atoms with van der Waals surface area (Å²) in [6.45, 7) is 2.71. The van der Waals surface area contributed by atoms with Gasteiger partial charge in [0.1, 0.15) is 0 Å². The first-order valence-electron chi connectivity index (χ1n) is 4.76. The van der Waals surface area contributed by atoms with E-state index in [1.807, 2.05) is 19.1 Å². The van der Waals surface area contributed by atoms with E-state index in [4.69, 9.17) is 0 Å². The number of hydrogen-bond acceptors (Lipinski definition) is 4. The minimum atomic E-state index is -3.20. The highest BCUT2D eigenvalue weighted by Gasteiger charge is 2.30. The van der Waals surface area contributed by atoms with Crippen LogP contribution in [-0.2, 0) is 9.84 Å². The number of nitrogens with one attached hydrogen (secondary N) is 1. The van der Waals surface area contributed by atoms with Crippen molar-refractivity contribution in [3.8, 4) is 0 Å². The summed E-state index contributed by atoms with van der Waals surface area (Å²) in [5.41, 5.74) is 1.07. The van der Waals surface area contributed by atoms with Gasteiger partial charge in [-0.2, -0.15) is 0 Å². The fourth-order valence-electron chi connectivity index (χ4n) is 1.45. The molecule has 0 amide bonds. The molecule has 1 heterocycles. The summed E-state index contributed by atoms with van der Waals surface area (Å²) in [6.07, 6.45) is 0. The molecule has 0 bridgehead atoms. The van der Waals surface area contributed by atoms with Crippen molar-refractivity contribution in [2.75, 3.05) is 12.3 Å². The third-order valence-corrected chi connectivity index (χ3v) is 6.05. The summed E-state index contributed by atoms with van der Waals surface area (Å²) in [6, 6.07) is 7.00. The summed E-state index contributed by atoms with van der Waals surface area (Å²) in [5, 5.41) is 2.98. The molecule has 0 radical (unpaired) electrons. The monoisotopic (exact) mass is 243 g/mol.